The molecule has 2 aromatic carbocycles. The van der Waals surface area contributed by atoms with Crippen molar-refractivity contribution < 1.29 is 9.53 Å². The van der Waals surface area contributed by atoms with E-state index in [1.54, 1.807) is 7.11 Å². The summed E-state index contributed by atoms with van der Waals surface area (Å²) in [5.41, 5.74) is 1.21. The zero-order valence-electron chi connectivity index (χ0n) is 9.93. The van der Waals surface area contributed by atoms with E-state index in [-0.39, 0.29) is 5.92 Å². The van der Waals surface area contributed by atoms with Crippen LogP contribution in [0.3, 0.4) is 0 Å². The highest BCUT2D eigenvalue weighted by atomic mass is 16.5. The maximum Gasteiger partial charge on any atom is 0.125 e. The van der Waals surface area contributed by atoms with Crippen LogP contribution >= 0.6 is 0 Å². The van der Waals surface area contributed by atoms with Gasteiger partial charge in [0.1, 0.15) is 6.29 Å². The number of aldehydes is 1. The molecule has 0 saturated heterocycles. The Morgan fingerprint density at radius 2 is 1.94 bits per heavy atom. The molecular formula is C15H16O2. The van der Waals surface area contributed by atoms with Crippen LogP contribution in [0.4, 0.5) is 0 Å². The van der Waals surface area contributed by atoms with Gasteiger partial charge in [0.05, 0.1) is 6.61 Å². The van der Waals surface area contributed by atoms with E-state index in [4.69, 9.17) is 4.74 Å². The number of hydrogen-bond acceptors (Lipinski definition) is 2. The first kappa shape index (κ1) is 11.8. The number of hydrogen-bond donors (Lipinski definition) is 0. The highest BCUT2D eigenvalue weighted by molar-refractivity contribution is 5.85. The second kappa shape index (κ2) is 5.60. The second-order valence-electron chi connectivity index (χ2n) is 4.19. The van der Waals surface area contributed by atoms with Crippen molar-refractivity contribution in [2.45, 2.75) is 6.42 Å². The van der Waals surface area contributed by atoms with Crippen molar-refractivity contribution in [2.24, 2.45) is 5.92 Å². The molecule has 0 radical (unpaired) electrons. The van der Waals surface area contributed by atoms with E-state index in [9.17, 15) is 4.79 Å². The van der Waals surface area contributed by atoms with Crippen LogP contribution in [0.5, 0.6) is 0 Å². The van der Waals surface area contributed by atoms with Gasteiger partial charge in [0.25, 0.3) is 0 Å². The van der Waals surface area contributed by atoms with Crippen LogP contribution < -0.4 is 0 Å². The molecule has 0 aromatic heterocycles. The van der Waals surface area contributed by atoms with Gasteiger partial charge in [0.15, 0.2) is 0 Å². The van der Waals surface area contributed by atoms with Crippen molar-refractivity contribution in [3.05, 3.63) is 48.0 Å². The van der Waals surface area contributed by atoms with Crippen LogP contribution in [0.1, 0.15) is 5.56 Å². The van der Waals surface area contributed by atoms with E-state index in [1.807, 2.05) is 18.2 Å². The molecule has 2 heteroatoms. The van der Waals surface area contributed by atoms with Crippen LogP contribution in [0.15, 0.2) is 42.5 Å². The summed E-state index contributed by atoms with van der Waals surface area (Å²) < 4.78 is 5.05. The summed E-state index contributed by atoms with van der Waals surface area (Å²) in [5.74, 6) is -0.0641. The van der Waals surface area contributed by atoms with Gasteiger partial charge in [0.2, 0.25) is 0 Å². The standard InChI is InChI=1S/C15H16O2/c1-17-11-12(10-16)9-14-7-4-6-13-5-2-3-8-15(13)14/h2-8,10,12H,9,11H2,1H3. The Bertz CT molecular complexity index is 500. The van der Waals surface area contributed by atoms with Crippen LogP contribution in [-0.2, 0) is 16.0 Å². The lowest BCUT2D eigenvalue weighted by molar-refractivity contribution is -0.112. The molecule has 0 saturated carbocycles. The van der Waals surface area contributed by atoms with Gasteiger partial charge in [-0.3, -0.25) is 0 Å². The monoisotopic (exact) mass is 228 g/mol. The lowest BCUT2D eigenvalue weighted by atomic mass is 9.96. The van der Waals surface area contributed by atoms with Crippen molar-refractivity contribution >= 4 is 17.1 Å². The Balaban J connectivity index is 2.31. The molecule has 0 spiro atoms. The van der Waals surface area contributed by atoms with Gasteiger partial charge in [-0.05, 0) is 22.8 Å². The predicted molar refractivity (Wildman–Crippen MR) is 69.1 cm³/mol. The quantitative estimate of drug-likeness (QED) is 0.735. The fourth-order valence-corrected chi connectivity index (χ4v) is 2.11. The normalized spacial score (nSPS) is 12.5. The largest absolute Gasteiger partial charge is 0.384 e. The minimum Gasteiger partial charge on any atom is -0.384 e. The third-order valence-electron chi connectivity index (χ3n) is 2.94. The molecule has 2 nitrogen and oxygen atoms in total. The third kappa shape index (κ3) is 2.71. The average Bonchev–Trinajstić information content (AvgIpc) is 2.38. The molecule has 1 atom stereocenters. The summed E-state index contributed by atoms with van der Waals surface area (Å²) in [6.45, 7) is 0.479. The first-order valence-electron chi connectivity index (χ1n) is 5.76. The van der Waals surface area contributed by atoms with Gasteiger partial charge < -0.3 is 9.53 Å². The summed E-state index contributed by atoms with van der Waals surface area (Å²) >= 11 is 0. The predicted octanol–water partition coefficient (Wildman–Crippen LogP) is 2.84. The average molecular weight is 228 g/mol. The molecule has 0 heterocycles. The van der Waals surface area contributed by atoms with Gasteiger partial charge >= 0.3 is 0 Å². The highest BCUT2D eigenvalue weighted by Gasteiger charge is 2.10. The molecule has 0 aliphatic rings. The third-order valence-corrected chi connectivity index (χ3v) is 2.94. The van der Waals surface area contributed by atoms with E-state index in [0.29, 0.717) is 6.61 Å². The SMILES string of the molecule is COCC(C=O)Cc1cccc2ccccc12. The van der Waals surface area contributed by atoms with Crippen LogP contribution in [0.2, 0.25) is 0 Å². The van der Waals surface area contributed by atoms with Gasteiger partial charge in [-0.1, -0.05) is 42.5 Å². The minimum absolute atomic E-state index is 0.0641. The molecule has 0 amide bonds. The summed E-state index contributed by atoms with van der Waals surface area (Å²) in [6, 6.07) is 14.4. The number of methoxy groups -OCH3 is 1. The molecule has 1 unspecified atom stereocenters. The minimum atomic E-state index is -0.0641. The first-order valence-corrected chi connectivity index (χ1v) is 5.76. The van der Waals surface area contributed by atoms with Crippen molar-refractivity contribution in [3.63, 3.8) is 0 Å². The van der Waals surface area contributed by atoms with Gasteiger partial charge in [-0.2, -0.15) is 0 Å². The van der Waals surface area contributed by atoms with E-state index < -0.39 is 0 Å². The summed E-state index contributed by atoms with van der Waals surface area (Å²) in [4.78, 5) is 11.0. The van der Waals surface area contributed by atoms with Gasteiger partial charge in [0, 0.05) is 13.0 Å². The Morgan fingerprint density at radius 3 is 2.71 bits per heavy atom. The van der Waals surface area contributed by atoms with Crippen molar-refractivity contribution in [2.75, 3.05) is 13.7 Å². The maximum atomic E-state index is 11.0. The molecule has 2 aromatic rings. The molecule has 0 N–H and O–H groups in total. The number of fused-ring (bicyclic) bond motifs is 1. The molecule has 17 heavy (non-hydrogen) atoms. The van der Waals surface area contributed by atoms with Crippen molar-refractivity contribution in [1.82, 2.24) is 0 Å². The highest BCUT2D eigenvalue weighted by Crippen LogP contribution is 2.20. The molecule has 2 rings (SSSR count). The Morgan fingerprint density at radius 1 is 1.18 bits per heavy atom. The molecule has 88 valence electrons. The lowest BCUT2D eigenvalue weighted by Gasteiger charge is -2.11. The molecule has 0 bridgehead atoms. The van der Waals surface area contributed by atoms with E-state index in [2.05, 4.69) is 24.3 Å². The molecule has 0 fully saturated rings. The number of benzene rings is 2. The van der Waals surface area contributed by atoms with Crippen LogP contribution in [-0.4, -0.2) is 20.0 Å². The number of ether oxygens (including phenoxy) is 1. The zero-order chi connectivity index (χ0) is 12.1. The second-order valence-corrected chi connectivity index (χ2v) is 4.19. The maximum absolute atomic E-state index is 11.0. The van der Waals surface area contributed by atoms with Crippen molar-refractivity contribution in [3.8, 4) is 0 Å². The zero-order valence-corrected chi connectivity index (χ0v) is 9.93. The number of carbonyl (C=O) groups is 1. The summed E-state index contributed by atoms with van der Waals surface area (Å²) in [7, 11) is 1.62. The van der Waals surface area contributed by atoms with Crippen molar-refractivity contribution in [1.29, 1.82) is 0 Å². The smallest absolute Gasteiger partial charge is 0.125 e. The Labute approximate surface area is 101 Å². The fourth-order valence-electron chi connectivity index (χ4n) is 2.11. The molecular weight excluding hydrogens is 212 g/mol. The number of carbonyl (C=O) groups excluding carboxylic acids is 1. The number of rotatable bonds is 5. The first-order chi connectivity index (χ1) is 8.35. The Kier molecular flexibility index (Phi) is 3.89. The lowest BCUT2D eigenvalue weighted by Crippen LogP contribution is -2.12. The van der Waals surface area contributed by atoms with Gasteiger partial charge in [-0.25, -0.2) is 0 Å². The Hall–Kier alpha value is -1.67. The topological polar surface area (TPSA) is 26.3 Å². The van der Waals surface area contributed by atoms with E-state index in [1.165, 1.54) is 16.3 Å². The van der Waals surface area contributed by atoms with Crippen LogP contribution in [0.25, 0.3) is 10.8 Å². The van der Waals surface area contributed by atoms with Crippen LogP contribution in [0, 0.1) is 5.92 Å². The fraction of sp³-hybridized carbons (Fsp3) is 0.267. The van der Waals surface area contributed by atoms with Gasteiger partial charge in [-0.15, -0.1) is 0 Å². The molecule has 0 aliphatic carbocycles. The summed E-state index contributed by atoms with van der Waals surface area (Å²) in [5, 5.41) is 2.44. The van der Waals surface area contributed by atoms with E-state index >= 15 is 0 Å². The summed E-state index contributed by atoms with van der Waals surface area (Å²) in [6.07, 6.45) is 1.71. The van der Waals surface area contributed by atoms with E-state index in [0.717, 1.165) is 12.7 Å². The molecule has 0 aliphatic heterocycles.